The van der Waals surface area contributed by atoms with Crippen LogP contribution in [0.4, 0.5) is 0 Å². The first kappa shape index (κ1) is 31.1. The molecule has 0 saturated carbocycles. The van der Waals surface area contributed by atoms with Crippen LogP contribution >= 0.6 is 0 Å². The van der Waals surface area contributed by atoms with E-state index in [4.69, 9.17) is 9.41 Å². The summed E-state index contributed by atoms with van der Waals surface area (Å²) >= 11 is 0. The molecule has 1 aliphatic heterocycles. The van der Waals surface area contributed by atoms with Gasteiger partial charge in [0, 0.05) is 44.8 Å². The molecule has 252 valence electrons. The molecule has 7 aromatic carbocycles. The van der Waals surface area contributed by atoms with Crippen molar-refractivity contribution in [2.45, 2.75) is 19.8 Å². The number of benzene rings is 7. The van der Waals surface area contributed by atoms with Gasteiger partial charge in [-0.2, -0.15) is 0 Å². The molecule has 0 bridgehead atoms. The fourth-order valence-corrected chi connectivity index (χ4v) is 8.36. The summed E-state index contributed by atoms with van der Waals surface area (Å²) in [4.78, 5) is 5.42. The van der Waals surface area contributed by atoms with Gasteiger partial charge in [0.15, 0.2) is 0 Å². The number of furan rings is 1. The predicted octanol–water partition coefficient (Wildman–Crippen LogP) is 13.4. The number of fused-ring (bicyclic) bond motifs is 6. The lowest BCUT2D eigenvalue weighted by Crippen LogP contribution is -1.99. The number of allylic oxidation sites excluding steroid dienone is 3. The maximum Gasteiger partial charge on any atom is 0.143 e. The smallest absolute Gasteiger partial charge is 0.143 e. The van der Waals surface area contributed by atoms with Crippen LogP contribution in [0.15, 0.2) is 191 Å². The first-order chi connectivity index (χ1) is 26.3. The Morgan fingerprint density at radius 3 is 1.96 bits per heavy atom. The average molecular weight is 681 g/mol. The van der Waals surface area contributed by atoms with E-state index < -0.39 is 0 Å². The maximum atomic E-state index is 6.95. The second-order valence-corrected chi connectivity index (χ2v) is 13.6. The first-order valence-corrected chi connectivity index (χ1v) is 18.4. The molecule has 0 N–H and O–H groups in total. The highest BCUT2D eigenvalue weighted by Gasteiger charge is 2.24. The number of aliphatic imine (C=N–C) groups is 1. The summed E-state index contributed by atoms with van der Waals surface area (Å²) in [7, 11) is 0. The molecule has 9 aromatic rings. The van der Waals surface area contributed by atoms with Gasteiger partial charge in [-0.3, -0.25) is 4.99 Å². The van der Waals surface area contributed by atoms with E-state index in [9.17, 15) is 0 Å². The van der Waals surface area contributed by atoms with Gasteiger partial charge in [-0.05, 0) is 64.6 Å². The molecule has 10 rings (SSSR count). The minimum Gasteiger partial charge on any atom is -0.455 e. The zero-order valence-corrected chi connectivity index (χ0v) is 29.5. The van der Waals surface area contributed by atoms with Crippen molar-refractivity contribution in [3.63, 3.8) is 0 Å². The fourth-order valence-electron chi connectivity index (χ4n) is 8.36. The van der Waals surface area contributed by atoms with Crippen LogP contribution in [0.3, 0.4) is 0 Å². The molecule has 0 saturated heterocycles. The van der Waals surface area contributed by atoms with E-state index in [0.29, 0.717) is 0 Å². The Kier molecular flexibility index (Phi) is 7.51. The predicted molar refractivity (Wildman–Crippen MR) is 223 cm³/mol. The highest BCUT2D eigenvalue weighted by Crippen LogP contribution is 2.46. The fraction of sp³-hybridized carbons (Fsp3) is 0.0600. The van der Waals surface area contributed by atoms with Crippen LogP contribution in [0.2, 0.25) is 0 Å². The second-order valence-electron chi connectivity index (χ2n) is 13.6. The van der Waals surface area contributed by atoms with Crippen LogP contribution in [-0.4, -0.2) is 10.3 Å². The van der Waals surface area contributed by atoms with Gasteiger partial charge < -0.3 is 8.98 Å². The molecule has 3 heteroatoms. The molecule has 0 spiro atoms. The van der Waals surface area contributed by atoms with Gasteiger partial charge in [-0.1, -0.05) is 153 Å². The van der Waals surface area contributed by atoms with Gasteiger partial charge in [0.1, 0.15) is 11.2 Å². The van der Waals surface area contributed by atoms with E-state index >= 15 is 0 Å². The third kappa shape index (κ3) is 5.08. The Bertz CT molecular complexity index is 2920. The Morgan fingerprint density at radius 1 is 0.547 bits per heavy atom. The van der Waals surface area contributed by atoms with Crippen LogP contribution in [-0.2, 0) is 0 Å². The van der Waals surface area contributed by atoms with Crippen molar-refractivity contribution in [3.05, 3.63) is 198 Å². The van der Waals surface area contributed by atoms with Crippen LogP contribution in [0.1, 0.15) is 36.5 Å². The molecular weight excluding hydrogens is 645 g/mol. The van der Waals surface area contributed by atoms with Gasteiger partial charge in [-0.15, -0.1) is 0 Å². The quantitative estimate of drug-likeness (QED) is 0.172. The van der Waals surface area contributed by atoms with Crippen molar-refractivity contribution in [3.8, 4) is 16.8 Å². The monoisotopic (exact) mass is 680 g/mol. The standard InChI is InChI=1S/C50H36N2O/c1-2-36-37(31-32-43(33-17-6-3-7-18-33)51-49(36)34-19-8-4-9-20-34)38-25-16-30-46-48(38)42-27-14-26-40(50(42)53-46)39-24-15-29-45-47(39)41-23-12-13-28-44(41)52(45)35-21-10-5-11-22-35/h3-31H,2,32H2,1H3. The number of para-hydroxylation sites is 3. The lowest BCUT2D eigenvalue weighted by atomic mass is 9.89. The summed E-state index contributed by atoms with van der Waals surface area (Å²) in [5, 5.41) is 4.69. The number of hydrogen-bond donors (Lipinski definition) is 0. The molecule has 0 atom stereocenters. The molecule has 3 heterocycles. The number of nitrogens with zero attached hydrogens (tertiary/aromatic N) is 2. The first-order valence-electron chi connectivity index (χ1n) is 18.4. The molecule has 0 unspecified atom stereocenters. The van der Waals surface area contributed by atoms with E-state index in [1.807, 2.05) is 0 Å². The zero-order valence-electron chi connectivity index (χ0n) is 29.5. The SMILES string of the molecule is CCC1=C(c2ccccc2)N=C(c2ccccc2)CC=C1c1cccc2oc3c(-c4cccc5c4c4ccccc4n5-c4ccccc4)cccc3c12. The normalized spacial score (nSPS) is 13.5. The maximum absolute atomic E-state index is 6.95. The topological polar surface area (TPSA) is 30.4 Å². The molecule has 1 aliphatic rings. The molecule has 2 aromatic heterocycles. The summed E-state index contributed by atoms with van der Waals surface area (Å²) in [5.74, 6) is 0. The van der Waals surface area contributed by atoms with E-state index in [1.54, 1.807) is 0 Å². The number of rotatable bonds is 6. The summed E-state index contributed by atoms with van der Waals surface area (Å²) in [5.41, 5.74) is 15.5. The van der Waals surface area contributed by atoms with Crippen LogP contribution in [0, 0.1) is 0 Å². The largest absolute Gasteiger partial charge is 0.455 e. The van der Waals surface area contributed by atoms with Crippen molar-refractivity contribution in [1.82, 2.24) is 4.57 Å². The summed E-state index contributed by atoms with van der Waals surface area (Å²) in [6.07, 6.45) is 3.95. The minimum absolute atomic E-state index is 0.726. The van der Waals surface area contributed by atoms with E-state index in [-0.39, 0.29) is 0 Å². The molecule has 53 heavy (non-hydrogen) atoms. The molecule has 0 fully saturated rings. The Morgan fingerprint density at radius 2 is 1.17 bits per heavy atom. The van der Waals surface area contributed by atoms with Crippen molar-refractivity contribution in [2.75, 3.05) is 0 Å². The van der Waals surface area contributed by atoms with Gasteiger partial charge in [0.25, 0.3) is 0 Å². The highest BCUT2D eigenvalue weighted by atomic mass is 16.3. The average Bonchev–Trinajstić information content (AvgIpc) is 3.71. The molecule has 0 aliphatic carbocycles. The number of hydrogen-bond acceptors (Lipinski definition) is 2. The molecule has 3 nitrogen and oxygen atoms in total. The van der Waals surface area contributed by atoms with Crippen molar-refractivity contribution in [1.29, 1.82) is 0 Å². The Labute approximate surface area is 308 Å². The van der Waals surface area contributed by atoms with Crippen molar-refractivity contribution in [2.24, 2.45) is 4.99 Å². The van der Waals surface area contributed by atoms with Crippen molar-refractivity contribution < 1.29 is 4.42 Å². The Balaban J connectivity index is 1.21. The van der Waals surface area contributed by atoms with Gasteiger partial charge >= 0.3 is 0 Å². The van der Waals surface area contributed by atoms with Crippen LogP contribution in [0.25, 0.3) is 71.8 Å². The zero-order chi connectivity index (χ0) is 35.3. The highest BCUT2D eigenvalue weighted by molar-refractivity contribution is 6.21. The van der Waals surface area contributed by atoms with Gasteiger partial charge in [-0.25, -0.2) is 0 Å². The molecular formula is C50H36N2O. The third-order valence-electron chi connectivity index (χ3n) is 10.7. The van der Waals surface area contributed by atoms with Crippen LogP contribution < -0.4 is 0 Å². The van der Waals surface area contributed by atoms with E-state index in [1.165, 1.54) is 38.5 Å². The minimum atomic E-state index is 0.726. The Hall–Kier alpha value is -6.71. The summed E-state index contributed by atoms with van der Waals surface area (Å²) in [6.45, 7) is 2.24. The lowest BCUT2D eigenvalue weighted by Gasteiger charge is -2.15. The lowest BCUT2D eigenvalue weighted by molar-refractivity contribution is 0.670. The van der Waals surface area contributed by atoms with Gasteiger partial charge in [0.2, 0.25) is 0 Å². The van der Waals surface area contributed by atoms with E-state index in [0.717, 1.165) is 74.1 Å². The number of aromatic nitrogens is 1. The second kappa shape index (κ2) is 12.8. The van der Waals surface area contributed by atoms with Crippen molar-refractivity contribution >= 4 is 60.7 Å². The van der Waals surface area contributed by atoms with Crippen LogP contribution in [0.5, 0.6) is 0 Å². The third-order valence-corrected chi connectivity index (χ3v) is 10.7. The molecule has 0 radical (unpaired) electrons. The van der Waals surface area contributed by atoms with E-state index in [2.05, 4.69) is 187 Å². The van der Waals surface area contributed by atoms with Gasteiger partial charge in [0.05, 0.1) is 22.4 Å². The summed E-state index contributed by atoms with van der Waals surface area (Å²) < 4.78 is 9.32. The summed E-state index contributed by atoms with van der Waals surface area (Å²) in [6, 6.07) is 60.3. The molecule has 0 amide bonds.